The monoisotopic (exact) mass is 579 g/mol. The molecule has 0 spiro atoms. The van der Waals surface area contributed by atoms with E-state index < -0.39 is 54.7 Å². The van der Waals surface area contributed by atoms with Crippen molar-refractivity contribution < 1.29 is 41.8 Å². The summed E-state index contributed by atoms with van der Waals surface area (Å²) in [5.74, 6) is -2.77. The minimum atomic E-state index is -4.74. The number of hydrogen-bond acceptors (Lipinski definition) is 8. The number of methoxy groups -OCH3 is 1. The molecule has 3 aromatic rings. The molecule has 0 saturated carbocycles. The highest BCUT2D eigenvalue weighted by molar-refractivity contribution is 6.07. The number of alkyl halides is 4. The summed E-state index contributed by atoms with van der Waals surface area (Å²) >= 11 is 0. The zero-order chi connectivity index (χ0) is 29.7. The minimum absolute atomic E-state index is 0.0324. The fraction of sp³-hybridized carbons (Fsp3) is 0.320. The number of aliphatic imine (C=N–C) groups is 1. The Morgan fingerprint density at radius 1 is 1.20 bits per heavy atom. The number of aliphatic carboxylic acids is 1. The molecule has 0 bridgehead atoms. The first kappa shape index (κ1) is 29.1. The van der Waals surface area contributed by atoms with E-state index in [0.29, 0.717) is 22.5 Å². The molecule has 1 aromatic heterocycles. The number of amides is 2. The SMILES string of the molecule is COc1cc([C@H](CC(=O)O)NC(=O)CNC(=O)c2cc(NC3=NCC(F)CN3)c3cn[nH]c3c2)cc(C(F)(F)F)c1. The Hall–Kier alpha value is -4.89. The molecule has 0 radical (unpaired) electrons. The lowest BCUT2D eigenvalue weighted by atomic mass is 10.00. The quantitative estimate of drug-likeness (QED) is 0.210. The maximum absolute atomic E-state index is 13.4. The third kappa shape index (κ3) is 7.40. The van der Waals surface area contributed by atoms with Crippen LogP contribution in [0, 0.1) is 0 Å². The zero-order valence-electron chi connectivity index (χ0n) is 21.4. The molecule has 6 N–H and O–H groups in total. The number of carboxylic acid groups (broad SMARTS) is 1. The number of ether oxygens (including phenoxy) is 1. The summed E-state index contributed by atoms with van der Waals surface area (Å²) in [6.07, 6.45) is -5.08. The van der Waals surface area contributed by atoms with Gasteiger partial charge in [0.25, 0.3) is 5.91 Å². The number of H-pyrrole nitrogens is 1. The summed E-state index contributed by atoms with van der Waals surface area (Å²) in [7, 11) is 1.15. The van der Waals surface area contributed by atoms with Crippen LogP contribution in [-0.4, -0.2) is 72.0 Å². The number of rotatable bonds is 9. The Morgan fingerprint density at radius 3 is 2.63 bits per heavy atom. The number of hydrogen-bond donors (Lipinski definition) is 6. The van der Waals surface area contributed by atoms with Crippen LogP contribution in [0.25, 0.3) is 10.9 Å². The second-order valence-electron chi connectivity index (χ2n) is 9.04. The van der Waals surface area contributed by atoms with Gasteiger partial charge in [0, 0.05) is 10.9 Å². The van der Waals surface area contributed by atoms with Crippen LogP contribution < -0.4 is 26.0 Å². The molecule has 16 heteroatoms. The van der Waals surface area contributed by atoms with Gasteiger partial charge >= 0.3 is 12.1 Å². The second-order valence-corrected chi connectivity index (χ2v) is 9.04. The van der Waals surface area contributed by atoms with E-state index in [2.05, 4.69) is 36.5 Å². The number of carbonyl (C=O) groups excluding carboxylic acids is 2. The van der Waals surface area contributed by atoms with Crippen LogP contribution in [0.5, 0.6) is 5.75 Å². The molecule has 4 rings (SSSR count). The van der Waals surface area contributed by atoms with Gasteiger partial charge in [0.1, 0.15) is 11.9 Å². The van der Waals surface area contributed by atoms with Crippen molar-refractivity contribution in [1.29, 1.82) is 0 Å². The molecule has 1 unspecified atom stereocenters. The van der Waals surface area contributed by atoms with Crippen LogP contribution >= 0.6 is 0 Å². The van der Waals surface area contributed by atoms with Gasteiger partial charge in [0.2, 0.25) is 5.91 Å². The highest BCUT2D eigenvalue weighted by atomic mass is 19.4. The number of aromatic amines is 1. The van der Waals surface area contributed by atoms with E-state index >= 15 is 0 Å². The van der Waals surface area contributed by atoms with Gasteiger partial charge in [-0.15, -0.1) is 0 Å². The van der Waals surface area contributed by atoms with Crippen molar-refractivity contribution in [2.45, 2.75) is 24.8 Å². The Morgan fingerprint density at radius 2 is 1.98 bits per heavy atom. The normalized spacial score (nSPS) is 15.8. The number of anilines is 1. The summed E-state index contributed by atoms with van der Waals surface area (Å²) in [6.45, 7) is -0.581. The second kappa shape index (κ2) is 12.1. The average Bonchev–Trinajstić information content (AvgIpc) is 3.41. The summed E-state index contributed by atoms with van der Waals surface area (Å²) in [5.41, 5.74) is -0.208. The van der Waals surface area contributed by atoms with Crippen molar-refractivity contribution in [3.8, 4) is 5.75 Å². The molecule has 0 saturated heterocycles. The van der Waals surface area contributed by atoms with E-state index in [1.807, 2.05) is 0 Å². The molecule has 12 nitrogen and oxygen atoms in total. The van der Waals surface area contributed by atoms with Crippen LogP contribution in [0.4, 0.5) is 23.2 Å². The highest BCUT2D eigenvalue weighted by Gasteiger charge is 2.32. The third-order valence-electron chi connectivity index (χ3n) is 6.03. The Balaban J connectivity index is 1.47. The lowest BCUT2D eigenvalue weighted by molar-refractivity contribution is -0.138. The van der Waals surface area contributed by atoms with Crippen molar-refractivity contribution >= 4 is 40.3 Å². The Labute approximate surface area is 229 Å². The van der Waals surface area contributed by atoms with Gasteiger partial charge in [-0.05, 0) is 35.9 Å². The summed E-state index contributed by atoms with van der Waals surface area (Å²) in [4.78, 5) is 41.0. The number of benzene rings is 2. The van der Waals surface area contributed by atoms with Gasteiger partial charge < -0.3 is 31.1 Å². The molecule has 1 aliphatic rings. The van der Waals surface area contributed by atoms with E-state index in [4.69, 9.17) is 4.74 Å². The first-order valence-electron chi connectivity index (χ1n) is 12.1. The molecule has 2 amide bonds. The molecule has 41 heavy (non-hydrogen) atoms. The number of nitrogens with one attached hydrogen (secondary N) is 5. The van der Waals surface area contributed by atoms with Gasteiger partial charge in [-0.2, -0.15) is 18.3 Å². The molecule has 2 heterocycles. The molecule has 2 aromatic carbocycles. The molecular weight excluding hydrogens is 554 g/mol. The van der Waals surface area contributed by atoms with Crippen LogP contribution in [0.1, 0.15) is 33.9 Å². The fourth-order valence-corrected chi connectivity index (χ4v) is 4.05. The first-order valence-corrected chi connectivity index (χ1v) is 12.1. The van der Waals surface area contributed by atoms with Crippen LogP contribution in [-0.2, 0) is 15.8 Å². The number of carboxylic acids is 1. The molecule has 2 atom stereocenters. The predicted octanol–water partition coefficient (Wildman–Crippen LogP) is 2.36. The number of fused-ring (bicyclic) bond motifs is 1. The smallest absolute Gasteiger partial charge is 0.416 e. The summed E-state index contributed by atoms with van der Waals surface area (Å²) in [5, 5.41) is 27.1. The van der Waals surface area contributed by atoms with E-state index in [1.54, 1.807) is 0 Å². The van der Waals surface area contributed by atoms with Gasteiger partial charge in [-0.1, -0.05) is 0 Å². The van der Waals surface area contributed by atoms with Gasteiger partial charge in [0.05, 0.1) is 62.2 Å². The number of nitrogens with zero attached hydrogens (tertiary/aromatic N) is 2. The maximum Gasteiger partial charge on any atom is 0.416 e. The predicted molar refractivity (Wildman–Crippen MR) is 138 cm³/mol. The van der Waals surface area contributed by atoms with Gasteiger partial charge in [-0.3, -0.25) is 19.5 Å². The largest absolute Gasteiger partial charge is 0.497 e. The lowest BCUT2D eigenvalue weighted by Gasteiger charge is -2.20. The van der Waals surface area contributed by atoms with E-state index in [9.17, 15) is 37.1 Å². The number of guanidine groups is 1. The Kier molecular flexibility index (Phi) is 8.59. The molecule has 1 aliphatic heterocycles. The molecular formula is C25H25F4N7O5. The fourth-order valence-electron chi connectivity index (χ4n) is 4.05. The first-order chi connectivity index (χ1) is 19.4. The van der Waals surface area contributed by atoms with E-state index in [1.165, 1.54) is 24.4 Å². The zero-order valence-corrected chi connectivity index (χ0v) is 21.4. The molecule has 0 aliphatic carbocycles. The third-order valence-corrected chi connectivity index (χ3v) is 6.03. The summed E-state index contributed by atoms with van der Waals surface area (Å²) in [6, 6.07) is 4.27. The van der Waals surface area contributed by atoms with Crippen LogP contribution in [0.15, 0.2) is 41.5 Å². The van der Waals surface area contributed by atoms with Crippen LogP contribution in [0.2, 0.25) is 0 Å². The highest BCUT2D eigenvalue weighted by Crippen LogP contribution is 2.34. The van der Waals surface area contributed by atoms with E-state index in [0.717, 1.165) is 19.2 Å². The van der Waals surface area contributed by atoms with Crippen molar-refractivity contribution in [3.05, 3.63) is 53.2 Å². The number of halogens is 4. The molecule has 218 valence electrons. The maximum atomic E-state index is 13.4. The minimum Gasteiger partial charge on any atom is -0.497 e. The topological polar surface area (TPSA) is 170 Å². The Bertz CT molecular complexity index is 1490. The number of aromatic nitrogens is 2. The number of carbonyl (C=O) groups is 3. The van der Waals surface area contributed by atoms with Crippen molar-refractivity contribution in [2.24, 2.45) is 4.99 Å². The van der Waals surface area contributed by atoms with Crippen molar-refractivity contribution in [2.75, 3.05) is 32.1 Å². The van der Waals surface area contributed by atoms with E-state index in [-0.39, 0.29) is 30.0 Å². The average molecular weight is 580 g/mol. The van der Waals surface area contributed by atoms with Gasteiger partial charge in [-0.25, -0.2) is 9.38 Å². The standard InChI is InChI=1S/C25H25F4N7O5/c1-41-16-3-12(2-14(6-16)25(27,28)29)18(7-22(38)39)34-21(37)11-30-23(40)13-4-19(17-10-33-36-20(17)5-13)35-24-31-8-15(26)9-32-24/h2-6,10,15,18H,7-9,11H2,1H3,(H,30,40)(H,33,36)(H,34,37)(H,38,39)(H2,31,32,35)/t18-/m0/s1. The lowest BCUT2D eigenvalue weighted by Crippen LogP contribution is -2.41. The van der Waals surface area contributed by atoms with Crippen molar-refractivity contribution in [1.82, 2.24) is 26.1 Å². The van der Waals surface area contributed by atoms with Crippen molar-refractivity contribution in [3.63, 3.8) is 0 Å². The van der Waals surface area contributed by atoms with Gasteiger partial charge in [0.15, 0.2) is 5.96 Å². The summed E-state index contributed by atoms with van der Waals surface area (Å²) < 4.78 is 58.3. The molecule has 0 fully saturated rings. The van der Waals surface area contributed by atoms with Crippen LogP contribution in [0.3, 0.4) is 0 Å².